The molecule has 3 aliphatic carbocycles. The third-order valence-corrected chi connectivity index (χ3v) is 4.97. The van der Waals surface area contributed by atoms with Crippen LogP contribution in [-0.2, 0) is 0 Å². The molecule has 0 aliphatic heterocycles. The maximum absolute atomic E-state index is 2.49. The number of hydrogen-bond acceptors (Lipinski definition) is 0. The van der Waals surface area contributed by atoms with Crippen LogP contribution in [0.2, 0.25) is 0 Å². The fourth-order valence-electron chi connectivity index (χ4n) is 3.85. The first-order valence-corrected chi connectivity index (χ1v) is 5.83. The first kappa shape index (κ1) is 9.55. The summed E-state index contributed by atoms with van der Waals surface area (Å²) in [7, 11) is 0. The van der Waals surface area contributed by atoms with Crippen molar-refractivity contribution in [2.45, 2.75) is 53.9 Å². The molecule has 13 heavy (non-hydrogen) atoms. The topological polar surface area (TPSA) is 0 Å². The molecule has 3 aliphatic rings. The second-order valence-corrected chi connectivity index (χ2v) is 6.91. The summed E-state index contributed by atoms with van der Waals surface area (Å²) in [6.07, 6.45) is 4.50. The van der Waals surface area contributed by atoms with Crippen LogP contribution in [0.4, 0.5) is 0 Å². The van der Waals surface area contributed by atoms with Crippen LogP contribution in [-0.4, -0.2) is 0 Å². The molecular formula is C13H24. The summed E-state index contributed by atoms with van der Waals surface area (Å²) >= 11 is 0. The number of hydrogen-bond donors (Lipinski definition) is 0. The molecule has 0 aromatic heterocycles. The Bertz CT molecular complexity index is 205. The smallest absolute Gasteiger partial charge is 0.0295 e. The molecule has 0 aromatic rings. The quantitative estimate of drug-likeness (QED) is 0.526. The Morgan fingerprint density at radius 1 is 1.08 bits per heavy atom. The molecule has 0 unspecified atom stereocenters. The van der Waals surface area contributed by atoms with Gasteiger partial charge in [-0.25, -0.2) is 0 Å². The Labute approximate surface area is 83.1 Å². The third-order valence-electron chi connectivity index (χ3n) is 4.97. The van der Waals surface area contributed by atoms with Crippen LogP contribution in [0.25, 0.3) is 0 Å². The molecule has 0 heterocycles. The highest BCUT2D eigenvalue weighted by Crippen LogP contribution is 2.64. The molecule has 0 aromatic carbocycles. The Balaban J connectivity index is 2.16. The van der Waals surface area contributed by atoms with Crippen molar-refractivity contribution in [1.82, 2.24) is 0 Å². The van der Waals surface area contributed by atoms with E-state index < -0.39 is 0 Å². The molecule has 0 nitrogen and oxygen atoms in total. The van der Waals surface area contributed by atoms with E-state index >= 15 is 0 Å². The van der Waals surface area contributed by atoms with Crippen molar-refractivity contribution in [3.05, 3.63) is 0 Å². The minimum absolute atomic E-state index is 0.535. The average Bonchev–Trinajstić information content (AvgIpc) is 2.02. The highest BCUT2D eigenvalue weighted by molar-refractivity contribution is 5.05. The summed E-state index contributed by atoms with van der Waals surface area (Å²) in [5, 5.41) is 0. The molecule has 0 amide bonds. The number of fused-ring (bicyclic) bond motifs is 2. The monoisotopic (exact) mass is 180 g/mol. The Kier molecular flexibility index (Phi) is 1.85. The molecule has 0 spiro atoms. The summed E-state index contributed by atoms with van der Waals surface area (Å²) in [4.78, 5) is 0. The van der Waals surface area contributed by atoms with Gasteiger partial charge in [-0.1, -0.05) is 34.6 Å². The fourth-order valence-corrected chi connectivity index (χ4v) is 3.85. The minimum Gasteiger partial charge on any atom is -0.0599 e. The maximum Gasteiger partial charge on any atom is -0.0295 e. The summed E-state index contributed by atoms with van der Waals surface area (Å²) in [5.74, 6) is 3.05. The normalized spacial score (nSPS) is 42.7. The first-order valence-electron chi connectivity index (χ1n) is 5.83. The molecule has 0 N–H and O–H groups in total. The standard InChI is InChI=1S/C13H24/c1-12(2,3)10-7-6-9-8-11(10)13(9,4)5/h9-11H,6-8H2,1-5H3/t9-,10+,11-/m1/s1. The second kappa shape index (κ2) is 2.52. The third kappa shape index (κ3) is 1.25. The van der Waals surface area contributed by atoms with Gasteiger partial charge < -0.3 is 0 Å². The van der Waals surface area contributed by atoms with Crippen molar-refractivity contribution < 1.29 is 0 Å². The molecule has 0 heteroatoms. The molecule has 3 rings (SSSR count). The van der Waals surface area contributed by atoms with Gasteiger partial charge in [0.25, 0.3) is 0 Å². The van der Waals surface area contributed by atoms with E-state index in [4.69, 9.17) is 0 Å². The molecule has 3 saturated carbocycles. The van der Waals surface area contributed by atoms with E-state index in [2.05, 4.69) is 34.6 Å². The van der Waals surface area contributed by atoms with Gasteiger partial charge in [0, 0.05) is 0 Å². The molecule has 3 fully saturated rings. The molecule has 0 radical (unpaired) electrons. The Morgan fingerprint density at radius 2 is 1.69 bits per heavy atom. The fraction of sp³-hybridized carbons (Fsp3) is 1.00. The molecule has 2 bridgehead atoms. The molecule has 76 valence electrons. The van der Waals surface area contributed by atoms with E-state index in [1.807, 2.05) is 0 Å². The molecule has 0 saturated heterocycles. The van der Waals surface area contributed by atoms with E-state index in [9.17, 15) is 0 Å². The largest absolute Gasteiger partial charge is 0.0599 e. The lowest BCUT2D eigenvalue weighted by Gasteiger charge is -2.62. The molecule has 3 atom stereocenters. The zero-order valence-corrected chi connectivity index (χ0v) is 9.85. The highest BCUT2D eigenvalue weighted by Gasteiger charge is 2.56. The van der Waals surface area contributed by atoms with E-state index in [0.717, 1.165) is 17.8 Å². The summed E-state index contributed by atoms with van der Waals surface area (Å²) in [6, 6.07) is 0. The SMILES string of the molecule is CC(C)(C)[C@H]1CC[C@@H]2C[C@H]1C2(C)C. The van der Waals surface area contributed by atoms with Crippen molar-refractivity contribution in [3.8, 4) is 0 Å². The Morgan fingerprint density at radius 3 is 2.00 bits per heavy atom. The van der Waals surface area contributed by atoms with Crippen LogP contribution >= 0.6 is 0 Å². The lowest BCUT2D eigenvalue weighted by atomic mass is 9.42. The van der Waals surface area contributed by atoms with Crippen LogP contribution in [0.15, 0.2) is 0 Å². The van der Waals surface area contributed by atoms with Crippen molar-refractivity contribution in [3.63, 3.8) is 0 Å². The van der Waals surface area contributed by atoms with Gasteiger partial charge in [0.1, 0.15) is 0 Å². The first-order chi connectivity index (χ1) is 5.83. The lowest BCUT2D eigenvalue weighted by Crippen LogP contribution is -2.55. The van der Waals surface area contributed by atoms with Crippen LogP contribution in [0, 0.1) is 28.6 Å². The molecular weight excluding hydrogens is 156 g/mol. The Hall–Kier alpha value is 0. The van der Waals surface area contributed by atoms with Crippen molar-refractivity contribution >= 4 is 0 Å². The van der Waals surface area contributed by atoms with Gasteiger partial charge in [0.05, 0.1) is 0 Å². The van der Waals surface area contributed by atoms with Gasteiger partial charge in [-0.2, -0.15) is 0 Å². The van der Waals surface area contributed by atoms with Gasteiger partial charge in [-0.15, -0.1) is 0 Å². The van der Waals surface area contributed by atoms with Gasteiger partial charge >= 0.3 is 0 Å². The summed E-state index contributed by atoms with van der Waals surface area (Å²) in [6.45, 7) is 12.2. The average molecular weight is 180 g/mol. The summed E-state index contributed by atoms with van der Waals surface area (Å²) in [5.41, 5.74) is 1.20. The maximum atomic E-state index is 2.49. The van der Waals surface area contributed by atoms with Crippen molar-refractivity contribution in [1.29, 1.82) is 0 Å². The van der Waals surface area contributed by atoms with Crippen LogP contribution in [0.5, 0.6) is 0 Å². The van der Waals surface area contributed by atoms with E-state index in [-0.39, 0.29) is 0 Å². The van der Waals surface area contributed by atoms with Gasteiger partial charge in [0.2, 0.25) is 0 Å². The highest BCUT2D eigenvalue weighted by atomic mass is 14.6. The minimum atomic E-state index is 0.535. The van der Waals surface area contributed by atoms with Crippen molar-refractivity contribution in [2.24, 2.45) is 28.6 Å². The van der Waals surface area contributed by atoms with Crippen LogP contribution in [0.3, 0.4) is 0 Å². The number of rotatable bonds is 0. The predicted molar refractivity (Wildman–Crippen MR) is 57.6 cm³/mol. The van der Waals surface area contributed by atoms with Crippen LogP contribution < -0.4 is 0 Å². The van der Waals surface area contributed by atoms with Crippen LogP contribution in [0.1, 0.15) is 53.9 Å². The summed E-state index contributed by atoms with van der Waals surface area (Å²) < 4.78 is 0. The van der Waals surface area contributed by atoms with E-state index in [1.165, 1.54) is 19.3 Å². The zero-order valence-electron chi connectivity index (χ0n) is 9.85. The zero-order chi connectivity index (χ0) is 9.85. The van der Waals surface area contributed by atoms with Gasteiger partial charge in [-0.3, -0.25) is 0 Å². The second-order valence-electron chi connectivity index (χ2n) is 6.91. The van der Waals surface area contributed by atoms with E-state index in [1.54, 1.807) is 0 Å². The lowest BCUT2D eigenvalue weighted by molar-refractivity contribution is -0.134. The predicted octanol–water partition coefficient (Wildman–Crippen LogP) is 4.10. The van der Waals surface area contributed by atoms with Gasteiger partial charge in [0.15, 0.2) is 0 Å². The van der Waals surface area contributed by atoms with E-state index in [0.29, 0.717) is 10.8 Å². The van der Waals surface area contributed by atoms with Crippen molar-refractivity contribution in [2.75, 3.05) is 0 Å². The van der Waals surface area contributed by atoms with Gasteiger partial charge in [-0.05, 0) is 47.8 Å².